The van der Waals surface area contributed by atoms with Gasteiger partial charge in [-0.1, -0.05) is 6.07 Å². The summed E-state index contributed by atoms with van der Waals surface area (Å²) >= 11 is 0. The van der Waals surface area contributed by atoms with Gasteiger partial charge in [0.15, 0.2) is 11.3 Å². The number of aromatic nitrogens is 1. The molecule has 2 bridgehead atoms. The van der Waals surface area contributed by atoms with Crippen LogP contribution in [0.1, 0.15) is 29.2 Å². The van der Waals surface area contributed by atoms with Crippen molar-refractivity contribution in [3.63, 3.8) is 0 Å². The first kappa shape index (κ1) is 19.4. The summed E-state index contributed by atoms with van der Waals surface area (Å²) in [6.45, 7) is 3.34. The smallest absolute Gasteiger partial charge is 0.340 e. The van der Waals surface area contributed by atoms with Crippen molar-refractivity contribution in [3.8, 4) is 11.5 Å². The topological polar surface area (TPSA) is 113 Å². The third-order valence-corrected chi connectivity index (χ3v) is 6.57. The molecule has 0 spiro atoms. The van der Waals surface area contributed by atoms with E-state index in [4.69, 9.17) is 4.42 Å². The molecule has 160 valence electrons. The molecule has 4 heterocycles. The summed E-state index contributed by atoms with van der Waals surface area (Å²) in [5.74, 6) is -0.741. The zero-order chi connectivity index (χ0) is 21.9. The summed E-state index contributed by atoms with van der Waals surface area (Å²) in [5.41, 5.74) is 0.948. The van der Waals surface area contributed by atoms with E-state index >= 15 is 0 Å². The first-order valence-corrected chi connectivity index (χ1v) is 10.3. The van der Waals surface area contributed by atoms with E-state index < -0.39 is 11.4 Å². The Morgan fingerprint density at radius 2 is 1.94 bits per heavy atom. The van der Waals surface area contributed by atoms with Gasteiger partial charge in [-0.15, -0.1) is 0 Å². The number of aromatic hydroxyl groups is 2. The first-order chi connectivity index (χ1) is 14.8. The molecule has 2 atom stereocenters. The summed E-state index contributed by atoms with van der Waals surface area (Å²) in [6.07, 6.45) is 0.833. The van der Waals surface area contributed by atoms with Crippen LogP contribution in [0.4, 0.5) is 0 Å². The fourth-order valence-corrected chi connectivity index (χ4v) is 5.00. The predicted octanol–water partition coefficient (Wildman–Crippen LogP) is 1.86. The number of rotatable bonds is 2. The average Bonchev–Trinajstić information content (AvgIpc) is 2.74. The molecule has 8 heteroatoms. The number of carbonyl (C=O) groups excluding carboxylic acids is 1. The van der Waals surface area contributed by atoms with Crippen molar-refractivity contribution in [2.75, 3.05) is 13.1 Å². The molecular weight excluding hydrogens is 400 g/mol. The number of piperidine rings is 1. The molecular formula is C23H22N2O6. The van der Waals surface area contributed by atoms with Crippen molar-refractivity contribution in [2.45, 2.75) is 32.2 Å². The van der Waals surface area contributed by atoms with E-state index in [1.54, 1.807) is 30.0 Å². The first-order valence-electron chi connectivity index (χ1n) is 10.3. The molecule has 2 aromatic heterocycles. The molecule has 0 radical (unpaired) electrons. The molecule has 5 rings (SSSR count). The molecule has 3 aromatic rings. The second-order valence-electron chi connectivity index (χ2n) is 8.48. The normalized spacial score (nSPS) is 20.0. The number of pyridine rings is 1. The molecule has 1 aromatic carbocycles. The zero-order valence-electron chi connectivity index (χ0n) is 17.0. The minimum atomic E-state index is -0.701. The van der Waals surface area contributed by atoms with E-state index in [1.165, 1.54) is 6.07 Å². The maximum absolute atomic E-state index is 13.1. The molecule has 1 amide bonds. The number of benzene rings is 1. The van der Waals surface area contributed by atoms with Crippen LogP contribution in [0.3, 0.4) is 0 Å². The molecule has 0 aliphatic carbocycles. The lowest BCUT2D eigenvalue weighted by Crippen LogP contribution is -2.49. The highest BCUT2D eigenvalue weighted by Gasteiger charge is 2.36. The lowest BCUT2D eigenvalue weighted by atomic mass is 9.83. The van der Waals surface area contributed by atoms with E-state index in [1.807, 2.05) is 10.6 Å². The van der Waals surface area contributed by atoms with Gasteiger partial charge in [-0.25, -0.2) is 4.79 Å². The lowest BCUT2D eigenvalue weighted by molar-refractivity contribution is -0.133. The van der Waals surface area contributed by atoms with Crippen molar-refractivity contribution >= 4 is 16.9 Å². The van der Waals surface area contributed by atoms with Gasteiger partial charge in [-0.3, -0.25) is 9.59 Å². The Morgan fingerprint density at radius 1 is 1.13 bits per heavy atom. The minimum Gasteiger partial charge on any atom is -0.504 e. The third kappa shape index (κ3) is 3.10. The number of amides is 1. The zero-order valence-corrected chi connectivity index (χ0v) is 17.0. The van der Waals surface area contributed by atoms with E-state index in [-0.39, 0.29) is 46.6 Å². The van der Waals surface area contributed by atoms with E-state index in [0.29, 0.717) is 30.6 Å². The number of likely N-dealkylation sites (tertiary alicyclic amines) is 1. The van der Waals surface area contributed by atoms with Gasteiger partial charge in [-0.05, 0) is 43.0 Å². The van der Waals surface area contributed by atoms with Crippen LogP contribution in [-0.4, -0.2) is 38.7 Å². The van der Waals surface area contributed by atoms with Crippen molar-refractivity contribution in [2.24, 2.45) is 5.92 Å². The highest BCUT2D eigenvalue weighted by Crippen LogP contribution is 2.36. The number of hydrogen-bond donors (Lipinski definition) is 2. The third-order valence-electron chi connectivity index (χ3n) is 6.57. The van der Waals surface area contributed by atoms with Crippen LogP contribution >= 0.6 is 0 Å². The van der Waals surface area contributed by atoms with Gasteiger partial charge in [0, 0.05) is 42.7 Å². The number of hydrogen-bond acceptors (Lipinski definition) is 6. The summed E-state index contributed by atoms with van der Waals surface area (Å²) in [5, 5.41) is 20.1. The molecule has 2 N–H and O–H groups in total. The molecule has 0 saturated carbocycles. The molecule has 2 aliphatic heterocycles. The van der Waals surface area contributed by atoms with Crippen LogP contribution in [0.5, 0.6) is 11.5 Å². The Balaban J connectivity index is 1.44. The van der Waals surface area contributed by atoms with Gasteiger partial charge in [0.25, 0.3) is 5.56 Å². The van der Waals surface area contributed by atoms with E-state index in [9.17, 15) is 24.6 Å². The summed E-state index contributed by atoms with van der Waals surface area (Å²) < 4.78 is 7.04. The highest BCUT2D eigenvalue weighted by molar-refractivity contribution is 5.89. The number of phenols is 2. The second-order valence-corrected chi connectivity index (χ2v) is 8.48. The van der Waals surface area contributed by atoms with Gasteiger partial charge in [0.05, 0.1) is 12.0 Å². The number of fused-ring (bicyclic) bond motifs is 5. The standard InChI is InChI=1S/C23H22N2O6/c1-12-15-5-6-18(26)21(29)22(15)31-23(30)16(12)8-20(28)24-9-13-7-14(11-24)17-3-2-4-19(27)25(17)10-13/h2-6,13-14,26,29H,7-11H2,1H3/t13-,14+/m1/s1. The van der Waals surface area contributed by atoms with Gasteiger partial charge in [0.2, 0.25) is 11.7 Å². The van der Waals surface area contributed by atoms with Gasteiger partial charge in [-0.2, -0.15) is 0 Å². The van der Waals surface area contributed by atoms with Crippen LogP contribution in [0.2, 0.25) is 0 Å². The summed E-state index contributed by atoms with van der Waals surface area (Å²) in [6, 6.07) is 8.14. The van der Waals surface area contributed by atoms with Gasteiger partial charge >= 0.3 is 5.63 Å². The molecule has 1 saturated heterocycles. The van der Waals surface area contributed by atoms with Crippen molar-refractivity contribution in [1.29, 1.82) is 0 Å². The second kappa shape index (κ2) is 7.01. The molecule has 31 heavy (non-hydrogen) atoms. The number of aryl methyl sites for hydroxylation is 1. The molecule has 2 aliphatic rings. The van der Waals surface area contributed by atoms with Crippen LogP contribution in [0.15, 0.2) is 44.3 Å². The maximum atomic E-state index is 13.1. The SMILES string of the molecule is Cc1c(CC(=O)N2C[C@H]3C[C@@H](C2)c2cccc(=O)n2C3)c(=O)oc2c(O)c(O)ccc12. The minimum absolute atomic E-state index is 0.00865. The van der Waals surface area contributed by atoms with Crippen LogP contribution in [-0.2, 0) is 17.8 Å². The Hall–Kier alpha value is -3.55. The van der Waals surface area contributed by atoms with Crippen molar-refractivity contribution < 1.29 is 19.4 Å². The number of carbonyl (C=O) groups is 1. The van der Waals surface area contributed by atoms with Crippen LogP contribution in [0, 0.1) is 12.8 Å². The Kier molecular flexibility index (Phi) is 4.39. The summed E-state index contributed by atoms with van der Waals surface area (Å²) in [7, 11) is 0. The largest absolute Gasteiger partial charge is 0.504 e. The number of nitrogens with zero attached hydrogens (tertiary/aromatic N) is 2. The quantitative estimate of drug-likeness (QED) is 0.482. The fraction of sp³-hybridized carbons (Fsp3) is 0.348. The number of phenolic OH excluding ortho intramolecular Hbond substituents is 2. The Labute approximate surface area is 177 Å². The maximum Gasteiger partial charge on any atom is 0.340 e. The summed E-state index contributed by atoms with van der Waals surface area (Å²) in [4.78, 5) is 39.6. The van der Waals surface area contributed by atoms with Gasteiger partial charge < -0.3 is 24.1 Å². The van der Waals surface area contributed by atoms with Crippen molar-refractivity contribution in [1.82, 2.24) is 9.47 Å². The lowest BCUT2D eigenvalue weighted by Gasteiger charge is -2.42. The average molecular weight is 422 g/mol. The molecule has 0 unspecified atom stereocenters. The van der Waals surface area contributed by atoms with E-state index in [2.05, 4.69) is 0 Å². The van der Waals surface area contributed by atoms with E-state index in [0.717, 1.165) is 12.1 Å². The molecule has 1 fully saturated rings. The Bertz CT molecular complexity index is 1340. The Morgan fingerprint density at radius 3 is 2.74 bits per heavy atom. The van der Waals surface area contributed by atoms with Gasteiger partial charge in [0.1, 0.15) is 0 Å². The monoisotopic (exact) mass is 422 g/mol. The highest BCUT2D eigenvalue weighted by atomic mass is 16.4. The van der Waals surface area contributed by atoms with Crippen molar-refractivity contribution in [3.05, 3.63) is 67.9 Å². The predicted molar refractivity (Wildman–Crippen MR) is 112 cm³/mol. The fourth-order valence-electron chi connectivity index (χ4n) is 5.00. The molecule has 8 nitrogen and oxygen atoms in total. The van der Waals surface area contributed by atoms with Crippen LogP contribution in [0.25, 0.3) is 11.0 Å². The van der Waals surface area contributed by atoms with Crippen LogP contribution < -0.4 is 11.2 Å².